The molecule has 0 unspecified atom stereocenters. The highest BCUT2D eigenvalue weighted by molar-refractivity contribution is 7.16. The van der Waals surface area contributed by atoms with Crippen molar-refractivity contribution in [3.63, 3.8) is 0 Å². The Bertz CT molecular complexity index is 587. The topological polar surface area (TPSA) is 96.2 Å². The van der Waals surface area contributed by atoms with E-state index in [-0.39, 0.29) is 11.3 Å². The van der Waals surface area contributed by atoms with Gasteiger partial charge in [-0.2, -0.15) is 0 Å². The summed E-state index contributed by atoms with van der Waals surface area (Å²) in [5.41, 5.74) is 7.21. The molecule has 0 fully saturated rings. The number of hydrogen-bond donors (Lipinski definition) is 3. The van der Waals surface area contributed by atoms with Gasteiger partial charge >= 0.3 is 10.8 Å². The summed E-state index contributed by atoms with van der Waals surface area (Å²) in [5.74, 6) is -0.935. The molecule has 0 bridgehead atoms. The summed E-state index contributed by atoms with van der Waals surface area (Å²) in [7, 11) is 0. The molecule has 1 aromatic heterocycles. The largest absolute Gasteiger partial charge is 0.481 e. The van der Waals surface area contributed by atoms with Crippen molar-refractivity contribution in [3.8, 4) is 0 Å². The number of aromatic nitrogens is 1. The van der Waals surface area contributed by atoms with Gasteiger partial charge in [-0.05, 0) is 17.7 Å². The molecule has 0 amide bonds. The lowest BCUT2D eigenvalue weighted by Crippen LogP contribution is -2.14. The van der Waals surface area contributed by atoms with E-state index in [1.807, 2.05) is 0 Å². The van der Waals surface area contributed by atoms with E-state index in [4.69, 9.17) is 10.8 Å². The molecule has 0 aliphatic heterocycles. The van der Waals surface area contributed by atoms with Crippen LogP contribution in [0.15, 0.2) is 23.0 Å². The molecular formula is C10H10N2O3S. The molecule has 6 heteroatoms. The number of carboxylic acid groups (broad SMARTS) is 1. The minimum absolute atomic E-state index is 0.120. The van der Waals surface area contributed by atoms with Crippen molar-refractivity contribution in [2.24, 2.45) is 5.73 Å². The summed E-state index contributed by atoms with van der Waals surface area (Å²) in [6.07, 6.45) is -0.120. The first-order chi connectivity index (χ1) is 7.56. The molecule has 1 aromatic carbocycles. The third-order valence-corrected chi connectivity index (χ3v) is 3.11. The van der Waals surface area contributed by atoms with Gasteiger partial charge in [-0.1, -0.05) is 17.4 Å². The maximum absolute atomic E-state index is 11.1. The van der Waals surface area contributed by atoms with Gasteiger partial charge < -0.3 is 15.8 Å². The number of fused-ring (bicyclic) bond motifs is 1. The Morgan fingerprint density at radius 1 is 1.56 bits per heavy atom. The molecule has 1 heterocycles. The zero-order valence-corrected chi connectivity index (χ0v) is 9.08. The van der Waals surface area contributed by atoms with E-state index < -0.39 is 12.0 Å². The van der Waals surface area contributed by atoms with Crippen LogP contribution >= 0.6 is 11.3 Å². The van der Waals surface area contributed by atoms with Crippen LogP contribution in [0.5, 0.6) is 0 Å². The molecule has 4 N–H and O–H groups in total. The number of carbonyl (C=O) groups is 1. The zero-order valence-electron chi connectivity index (χ0n) is 8.27. The molecule has 0 spiro atoms. The molecule has 2 aromatic rings. The molecule has 5 nitrogen and oxygen atoms in total. The minimum Gasteiger partial charge on any atom is -0.481 e. The third-order valence-electron chi connectivity index (χ3n) is 2.27. The highest BCUT2D eigenvalue weighted by Gasteiger charge is 2.11. The number of aliphatic carboxylic acids is 1. The quantitative estimate of drug-likeness (QED) is 0.745. The first kappa shape index (κ1) is 10.8. The monoisotopic (exact) mass is 238 g/mol. The van der Waals surface area contributed by atoms with Crippen LogP contribution in [0.3, 0.4) is 0 Å². The highest BCUT2D eigenvalue weighted by Crippen LogP contribution is 2.21. The average Bonchev–Trinajstić information content (AvgIpc) is 2.55. The van der Waals surface area contributed by atoms with E-state index in [0.717, 1.165) is 27.1 Å². The molecule has 0 saturated heterocycles. The molecule has 2 rings (SSSR count). The van der Waals surface area contributed by atoms with Crippen LogP contribution in [0.25, 0.3) is 10.2 Å². The van der Waals surface area contributed by atoms with Crippen LogP contribution in [0.1, 0.15) is 18.0 Å². The molecule has 0 aliphatic rings. The molecule has 84 valence electrons. The fraction of sp³-hybridized carbons (Fsp3) is 0.200. The van der Waals surface area contributed by atoms with Crippen LogP contribution < -0.4 is 10.6 Å². The maximum atomic E-state index is 11.1. The van der Waals surface area contributed by atoms with Crippen molar-refractivity contribution in [1.29, 1.82) is 0 Å². The Labute approximate surface area is 94.5 Å². The number of thiazole rings is 1. The van der Waals surface area contributed by atoms with E-state index in [2.05, 4.69) is 4.98 Å². The van der Waals surface area contributed by atoms with Crippen LogP contribution in [0.2, 0.25) is 0 Å². The smallest absolute Gasteiger partial charge is 0.305 e. The predicted molar refractivity (Wildman–Crippen MR) is 61.6 cm³/mol. The van der Waals surface area contributed by atoms with Gasteiger partial charge in [0.25, 0.3) is 0 Å². The Morgan fingerprint density at radius 2 is 2.31 bits per heavy atom. The van der Waals surface area contributed by atoms with Crippen molar-refractivity contribution in [1.82, 2.24) is 4.98 Å². The second-order valence-corrected chi connectivity index (χ2v) is 4.49. The standard InChI is InChI=1S/C10H10N2O3S/c11-6(4-9(13)14)5-1-2-7-8(3-5)16-10(15)12-7/h1-3,6H,4,11H2,(H,12,15)(H,13,14)/t6-/m1/s1. The van der Waals surface area contributed by atoms with Crippen molar-refractivity contribution >= 4 is 27.5 Å². The maximum Gasteiger partial charge on any atom is 0.305 e. The summed E-state index contributed by atoms with van der Waals surface area (Å²) >= 11 is 1.09. The number of H-pyrrole nitrogens is 1. The SMILES string of the molecule is N[C@H](CC(=O)O)c1ccc2[nH]c(=O)sc2c1. The van der Waals surface area contributed by atoms with Gasteiger partial charge in [-0.15, -0.1) is 0 Å². The summed E-state index contributed by atoms with van der Waals surface area (Å²) in [5, 5.41) is 8.63. The fourth-order valence-corrected chi connectivity index (χ4v) is 2.28. The van der Waals surface area contributed by atoms with Crippen molar-refractivity contribution in [2.75, 3.05) is 0 Å². The molecule has 1 atom stereocenters. The molecule has 0 radical (unpaired) electrons. The van der Waals surface area contributed by atoms with Gasteiger partial charge in [0.15, 0.2) is 0 Å². The molecule has 0 saturated carbocycles. The number of hydrogen-bond acceptors (Lipinski definition) is 4. The molecule has 16 heavy (non-hydrogen) atoms. The van der Waals surface area contributed by atoms with E-state index in [1.54, 1.807) is 18.2 Å². The van der Waals surface area contributed by atoms with E-state index in [1.165, 1.54) is 0 Å². The van der Waals surface area contributed by atoms with E-state index in [0.29, 0.717) is 0 Å². The lowest BCUT2D eigenvalue weighted by molar-refractivity contribution is -0.137. The van der Waals surface area contributed by atoms with Crippen molar-refractivity contribution < 1.29 is 9.90 Å². The number of benzene rings is 1. The van der Waals surface area contributed by atoms with E-state index >= 15 is 0 Å². The minimum atomic E-state index is -0.935. The Hall–Kier alpha value is -1.66. The van der Waals surface area contributed by atoms with Gasteiger partial charge in [0.2, 0.25) is 0 Å². The third kappa shape index (κ3) is 2.12. The first-order valence-electron chi connectivity index (χ1n) is 4.66. The zero-order chi connectivity index (χ0) is 11.7. The predicted octanol–water partition coefficient (Wildman–Crippen LogP) is 1.06. The second-order valence-electron chi connectivity index (χ2n) is 3.47. The lowest BCUT2D eigenvalue weighted by Gasteiger charge is -2.08. The van der Waals surface area contributed by atoms with Gasteiger partial charge in [-0.3, -0.25) is 9.59 Å². The van der Waals surface area contributed by atoms with Crippen LogP contribution in [-0.4, -0.2) is 16.1 Å². The summed E-state index contributed by atoms with van der Waals surface area (Å²) in [6.45, 7) is 0. The Morgan fingerprint density at radius 3 is 3.00 bits per heavy atom. The number of nitrogens with one attached hydrogen (secondary N) is 1. The van der Waals surface area contributed by atoms with Crippen LogP contribution in [-0.2, 0) is 4.79 Å². The van der Waals surface area contributed by atoms with Gasteiger partial charge in [0.1, 0.15) is 0 Å². The molecular weight excluding hydrogens is 228 g/mol. The molecule has 0 aliphatic carbocycles. The van der Waals surface area contributed by atoms with Crippen LogP contribution in [0.4, 0.5) is 0 Å². The summed E-state index contributed by atoms with van der Waals surface area (Å²) < 4.78 is 0.795. The van der Waals surface area contributed by atoms with Gasteiger partial charge in [0.05, 0.1) is 16.6 Å². The van der Waals surface area contributed by atoms with Gasteiger partial charge in [0, 0.05) is 6.04 Å². The summed E-state index contributed by atoms with van der Waals surface area (Å²) in [4.78, 5) is 24.1. The number of rotatable bonds is 3. The Balaban J connectivity index is 2.38. The number of nitrogens with two attached hydrogens (primary N) is 1. The normalized spacial score (nSPS) is 12.8. The van der Waals surface area contributed by atoms with E-state index in [9.17, 15) is 9.59 Å². The van der Waals surface area contributed by atoms with Crippen molar-refractivity contribution in [3.05, 3.63) is 33.4 Å². The first-order valence-corrected chi connectivity index (χ1v) is 5.48. The van der Waals surface area contributed by atoms with Crippen molar-refractivity contribution in [2.45, 2.75) is 12.5 Å². The average molecular weight is 238 g/mol. The fourth-order valence-electron chi connectivity index (χ4n) is 1.50. The Kier molecular flexibility index (Phi) is 2.76. The second kappa shape index (κ2) is 4.07. The van der Waals surface area contributed by atoms with Gasteiger partial charge in [-0.25, -0.2) is 0 Å². The number of aromatic amines is 1. The number of carboxylic acids is 1. The highest BCUT2D eigenvalue weighted by atomic mass is 32.1. The lowest BCUT2D eigenvalue weighted by atomic mass is 10.0. The summed E-state index contributed by atoms with van der Waals surface area (Å²) in [6, 6.07) is 4.69. The van der Waals surface area contributed by atoms with Crippen LogP contribution in [0, 0.1) is 0 Å².